The van der Waals surface area contributed by atoms with E-state index >= 15 is 0 Å². The molecule has 0 aromatic heterocycles. The number of rotatable bonds is 1. The van der Waals surface area contributed by atoms with Crippen molar-refractivity contribution in [3.05, 3.63) is 59.2 Å². The Morgan fingerprint density at radius 2 is 1.86 bits per heavy atom. The van der Waals surface area contributed by atoms with Gasteiger partial charge < -0.3 is 9.84 Å². The highest BCUT2D eigenvalue weighted by Crippen LogP contribution is 2.54. The first-order valence-corrected chi connectivity index (χ1v) is 7.78. The van der Waals surface area contributed by atoms with Gasteiger partial charge in [0.05, 0.1) is 0 Å². The van der Waals surface area contributed by atoms with Gasteiger partial charge in [-0.1, -0.05) is 36.2 Å². The fourth-order valence-corrected chi connectivity index (χ4v) is 3.97. The van der Waals surface area contributed by atoms with E-state index < -0.39 is 0 Å². The standard InChI is InChI=1S/C19H20O2/c1-12-5-7-13(8-6-12)19-16-4-2-3-15(16)17-11-14(20)9-10-18(17)21-19/h5-11,15-16,19-20H,2-4H2,1H3/t15-,16+,19+/m1/s1. The SMILES string of the molecule is Cc1ccc([C@@H]2Oc3ccc(O)cc3[C@@H]3CCC[C@@H]32)cc1. The molecular weight excluding hydrogens is 260 g/mol. The molecule has 1 heterocycles. The number of hydrogen-bond donors (Lipinski definition) is 1. The van der Waals surface area contributed by atoms with Crippen LogP contribution >= 0.6 is 0 Å². The Bertz CT molecular complexity index is 660. The minimum absolute atomic E-state index is 0.148. The van der Waals surface area contributed by atoms with Crippen LogP contribution in [0.5, 0.6) is 11.5 Å². The van der Waals surface area contributed by atoms with E-state index in [1.165, 1.54) is 36.0 Å². The third-order valence-corrected chi connectivity index (χ3v) is 5.01. The quantitative estimate of drug-likeness (QED) is 0.819. The Balaban J connectivity index is 1.77. The Morgan fingerprint density at radius 1 is 1.05 bits per heavy atom. The van der Waals surface area contributed by atoms with Gasteiger partial charge in [0, 0.05) is 11.5 Å². The predicted octanol–water partition coefficient (Wildman–Crippen LogP) is 4.72. The molecule has 2 heteroatoms. The molecule has 4 rings (SSSR count). The minimum Gasteiger partial charge on any atom is -0.508 e. The van der Waals surface area contributed by atoms with Crippen molar-refractivity contribution in [3.63, 3.8) is 0 Å². The van der Waals surface area contributed by atoms with E-state index in [9.17, 15) is 5.11 Å². The highest BCUT2D eigenvalue weighted by Gasteiger charge is 2.41. The third kappa shape index (κ3) is 2.10. The molecule has 108 valence electrons. The number of phenols is 1. The van der Waals surface area contributed by atoms with Crippen LogP contribution in [0.2, 0.25) is 0 Å². The molecule has 0 bridgehead atoms. The molecule has 1 fully saturated rings. The van der Waals surface area contributed by atoms with Crippen molar-refractivity contribution in [1.82, 2.24) is 0 Å². The average molecular weight is 280 g/mol. The van der Waals surface area contributed by atoms with E-state index in [1.807, 2.05) is 12.1 Å². The second kappa shape index (κ2) is 4.80. The number of ether oxygens (including phenoxy) is 1. The van der Waals surface area contributed by atoms with E-state index in [0.717, 1.165) is 5.75 Å². The van der Waals surface area contributed by atoms with Gasteiger partial charge in [-0.2, -0.15) is 0 Å². The predicted molar refractivity (Wildman–Crippen MR) is 82.7 cm³/mol. The summed E-state index contributed by atoms with van der Waals surface area (Å²) in [6, 6.07) is 14.2. The van der Waals surface area contributed by atoms with E-state index in [0.29, 0.717) is 17.6 Å². The molecule has 2 nitrogen and oxygen atoms in total. The maximum atomic E-state index is 9.77. The number of hydrogen-bond acceptors (Lipinski definition) is 2. The van der Waals surface area contributed by atoms with E-state index in [-0.39, 0.29) is 6.10 Å². The van der Waals surface area contributed by atoms with Crippen LogP contribution in [0.15, 0.2) is 42.5 Å². The lowest BCUT2D eigenvalue weighted by Crippen LogP contribution is -2.26. The van der Waals surface area contributed by atoms with Gasteiger partial charge in [-0.3, -0.25) is 0 Å². The molecule has 1 N–H and O–H groups in total. The van der Waals surface area contributed by atoms with Gasteiger partial charge in [-0.15, -0.1) is 0 Å². The van der Waals surface area contributed by atoms with Crippen molar-refractivity contribution in [2.45, 2.75) is 38.2 Å². The zero-order chi connectivity index (χ0) is 14.4. The van der Waals surface area contributed by atoms with Gasteiger partial charge in [0.25, 0.3) is 0 Å². The molecule has 1 aliphatic carbocycles. The molecule has 1 saturated carbocycles. The van der Waals surface area contributed by atoms with Crippen molar-refractivity contribution >= 4 is 0 Å². The highest BCUT2D eigenvalue weighted by molar-refractivity contribution is 5.45. The van der Waals surface area contributed by atoms with E-state index in [2.05, 4.69) is 31.2 Å². The molecular formula is C19H20O2. The Hall–Kier alpha value is -1.96. The van der Waals surface area contributed by atoms with E-state index in [4.69, 9.17) is 4.74 Å². The number of fused-ring (bicyclic) bond motifs is 3. The normalized spacial score (nSPS) is 26.8. The number of aromatic hydroxyl groups is 1. The van der Waals surface area contributed by atoms with Gasteiger partial charge in [0.2, 0.25) is 0 Å². The van der Waals surface area contributed by atoms with E-state index in [1.54, 1.807) is 6.07 Å². The summed E-state index contributed by atoms with van der Waals surface area (Å²) >= 11 is 0. The first-order valence-electron chi connectivity index (χ1n) is 7.78. The van der Waals surface area contributed by atoms with Crippen molar-refractivity contribution in [2.75, 3.05) is 0 Å². The van der Waals surface area contributed by atoms with Crippen LogP contribution in [-0.4, -0.2) is 5.11 Å². The van der Waals surface area contributed by atoms with Crippen LogP contribution in [0.3, 0.4) is 0 Å². The Kier molecular flexibility index (Phi) is 2.91. The lowest BCUT2D eigenvalue weighted by Gasteiger charge is -2.36. The lowest BCUT2D eigenvalue weighted by atomic mass is 9.80. The molecule has 0 spiro atoms. The molecule has 3 atom stereocenters. The minimum atomic E-state index is 0.148. The van der Waals surface area contributed by atoms with Crippen molar-refractivity contribution < 1.29 is 9.84 Å². The van der Waals surface area contributed by atoms with Crippen LogP contribution in [-0.2, 0) is 0 Å². The van der Waals surface area contributed by atoms with Crippen molar-refractivity contribution in [1.29, 1.82) is 0 Å². The Labute approximate surface area is 125 Å². The van der Waals surface area contributed by atoms with Crippen LogP contribution in [0.25, 0.3) is 0 Å². The van der Waals surface area contributed by atoms with Crippen LogP contribution in [0.1, 0.15) is 48.0 Å². The fraction of sp³-hybridized carbons (Fsp3) is 0.368. The summed E-state index contributed by atoms with van der Waals surface area (Å²) in [7, 11) is 0. The summed E-state index contributed by atoms with van der Waals surface area (Å²) in [5, 5.41) is 9.77. The summed E-state index contributed by atoms with van der Waals surface area (Å²) in [5.74, 6) is 2.34. The van der Waals surface area contributed by atoms with Crippen LogP contribution in [0.4, 0.5) is 0 Å². The van der Waals surface area contributed by atoms with Crippen LogP contribution < -0.4 is 4.74 Å². The number of phenolic OH excluding ortho intramolecular Hbond substituents is 1. The molecule has 2 aliphatic rings. The lowest BCUT2D eigenvalue weighted by molar-refractivity contribution is 0.104. The molecule has 1 aliphatic heterocycles. The topological polar surface area (TPSA) is 29.5 Å². The van der Waals surface area contributed by atoms with Gasteiger partial charge in [-0.25, -0.2) is 0 Å². The smallest absolute Gasteiger partial charge is 0.127 e. The molecule has 0 unspecified atom stereocenters. The summed E-state index contributed by atoms with van der Waals surface area (Å²) in [5.41, 5.74) is 3.75. The first-order chi connectivity index (χ1) is 10.2. The monoisotopic (exact) mass is 280 g/mol. The van der Waals surface area contributed by atoms with Gasteiger partial charge >= 0.3 is 0 Å². The maximum Gasteiger partial charge on any atom is 0.127 e. The molecule has 0 radical (unpaired) electrons. The summed E-state index contributed by atoms with van der Waals surface area (Å²) < 4.78 is 6.32. The second-order valence-corrected chi connectivity index (χ2v) is 6.37. The Morgan fingerprint density at radius 3 is 2.67 bits per heavy atom. The van der Waals surface area contributed by atoms with Gasteiger partial charge in [-0.05, 0) is 49.4 Å². The fourth-order valence-electron chi connectivity index (χ4n) is 3.97. The molecule has 2 aromatic carbocycles. The molecule has 2 aromatic rings. The van der Waals surface area contributed by atoms with Crippen molar-refractivity contribution in [3.8, 4) is 11.5 Å². The maximum absolute atomic E-state index is 9.77. The summed E-state index contributed by atoms with van der Waals surface area (Å²) in [6.07, 6.45) is 3.80. The first kappa shape index (κ1) is 12.8. The van der Waals surface area contributed by atoms with Crippen LogP contribution in [0, 0.1) is 12.8 Å². The van der Waals surface area contributed by atoms with Gasteiger partial charge in [0.15, 0.2) is 0 Å². The summed E-state index contributed by atoms with van der Waals surface area (Å²) in [4.78, 5) is 0. The number of benzene rings is 2. The van der Waals surface area contributed by atoms with Gasteiger partial charge in [0.1, 0.15) is 17.6 Å². The third-order valence-electron chi connectivity index (χ3n) is 5.01. The average Bonchev–Trinajstić information content (AvgIpc) is 2.97. The molecule has 0 amide bonds. The largest absolute Gasteiger partial charge is 0.508 e. The summed E-state index contributed by atoms with van der Waals surface area (Å²) in [6.45, 7) is 2.11. The number of aryl methyl sites for hydroxylation is 1. The second-order valence-electron chi connectivity index (χ2n) is 6.37. The zero-order valence-electron chi connectivity index (χ0n) is 12.3. The molecule has 21 heavy (non-hydrogen) atoms. The molecule has 0 saturated heterocycles. The highest BCUT2D eigenvalue weighted by atomic mass is 16.5. The zero-order valence-corrected chi connectivity index (χ0v) is 12.3. The van der Waals surface area contributed by atoms with Crippen molar-refractivity contribution in [2.24, 2.45) is 5.92 Å².